The Labute approximate surface area is 456 Å². The molecule has 20 heteroatoms. The zero-order chi connectivity index (χ0) is 57.4. The van der Waals surface area contributed by atoms with Gasteiger partial charge in [0.2, 0.25) is 0 Å². The van der Waals surface area contributed by atoms with E-state index in [-0.39, 0.29) is 13.2 Å². The van der Waals surface area contributed by atoms with Crippen LogP contribution in [0.3, 0.4) is 0 Å². The van der Waals surface area contributed by atoms with Gasteiger partial charge in [-0.15, -0.1) is 0 Å². The molecule has 452 valence electrons. The number of aliphatic hydroxyl groups excluding tert-OH is 2. The number of methoxy groups -OCH3 is 2. The molecular weight excluding hydrogens is 927 g/mol. The molecule has 6 fully saturated rings. The number of hydrogen-bond donors (Lipinski definition) is 7. The van der Waals surface area contributed by atoms with Crippen LogP contribution in [0.15, 0.2) is 0 Å². The Balaban J connectivity index is -0.000000131. The molecular formula is C53H135N15O5. The van der Waals surface area contributed by atoms with Gasteiger partial charge in [0.1, 0.15) is 0 Å². The summed E-state index contributed by atoms with van der Waals surface area (Å²) < 4.78 is 14.6. The molecule has 0 spiro atoms. The van der Waals surface area contributed by atoms with Crippen molar-refractivity contribution < 1.29 is 24.4 Å². The van der Waals surface area contributed by atoms with Gasteiger partial charge in [-0.25, -0.2) is 0 Å². The van der Waals surface area contributed by atoms with E-state index in [1.54, 1.807) is 21.3 Å². The van der Waals surface area contributed by atoms with E-state index in [0.29, 0.717) is 6.54 Å². The average Bonchev–Trinajstić information content (AvgIpc) is 3.84. The van der Waals surface area contributed by atoms with Crippen LogP contribution in [0, 0.1) is 0 Å². The number of piperazine rings is 2. The van der Waals surface area contributed by atoms with E-state index in [2.05, 4.69) is 116 Å². The Hall–Kier alpha value is -0.800. The van der Waals surface area contributed by atoms with Crippen LogP contribution < -0.4 is 27.0 Å². The molecule has 0 aliphatic carbocycles. The van der Waals surface area contributed by atoms with Gasteiger partial charge < -0.3 is 100 Å². The third-order valence-electron chi connectivity index (χ3n) is 10.5. The van der Waals surface area contributed by atoms with Gasteiger partial charge in [0.15, 0.2) is 0 Å². The first kappa shape index (κ1) is 86.1. The van der Waals surface area contributed by atoms with Crippen LogP contribution in [0.25, 0.3) is 0 Å². The highest BCUT2D eigenvalue weighted by atomic mass is 16.5. The number of ether oxygens (including phenoxy) is 3. The molecule has 0 aromatic carbocycles. The van der Waals surface area contributed by atoms with E-state index < -0.39 is 0 Å². The van der Waals surface area contributed by atoms with Crippen molar-refractivity contribution in [1.29, 1.82) is 0 Å². The first-order valence-corrected chi connectivity index (χ1v) is 27.4. The van der Waals surface area contributed by atoms with Gasteiger partial charge in [0.05, 0.1) is 39.6 Å². The Bertz CT molecular complexity index is 822. The van der Waals surface area contributed by atoms with E-state index in [1.807, 2.05) is 80.3 Å². The molecule has 0 atom stereocenters. The summed E-state index contributed by atoms with van der Waals surface area (Å²) in [4.78, 5) is 22.4. The predicted octanol–water partition coefficient (Wildman–Crippen LogP) is -0.157. The number of piperidine rings is 1. The number of nitrogens with zero attached hydrogens (tertiary/aromatic N) is 10. The Morgan fingerprint density at radius 2 is 0.767 bits per heavy atom. The highest BCUT2D eigenvalue weighted by Gasteiger charge is 2.08. The lowest BCUT2D eigenvalue weighted by Gasteiger charge is -2.28. The SMILES string of the molecule is CN.CN(C)C.CN(C)CCO.CN1CCC1.CN1CCCC1.CN1CCCCC1.CN1CCN(C)CC1.CN1CCNCC1.CN1CCOCC1.CNC.CNCCO.CNCCOC.COCCN(C)C. The van der Waals surface area contributed by atoms with Crippen LogP contribution >= 0.6 is 0 Å². The molecule has 73 heavy (non-hydrogen) atoms. The van der Waals surface area contributed by atoms with Gasteiger partial charge in [-0.2, -0.15) is 0 Å². The smallest absolute Gasteiger partial charge is 0.0594 e. The molecule has 6 aliphatic rings. The Morgan fingerprint density at radius 3 is 0.904 bits per heavy atom. The summed E-state index contributed by atoms with van der Waals surface area (Å²) in [5.74, 6) is 0. The van der Waals surface area contributed by atoms with Gasteiger partial charge in [-0.3, -0.25) is 0 Å². The van der Waals surface area contributed by atoms with Crippen LogP contribution in [0.4, 0.5) is 0 Å². The van der Waals surface area contributed by atoms with Crippen LogP contribution in [0.2, 0.25) is 0 Å². The van der Waals surface area contributed by atoms with Gasteiger partial charge in [-0.05, 0) is 205 Å². The quantitative estimate of drug-likeness (QED) is 0.144. The number of nitrogens with two attached hydrogens (primary N) is 1. The molecule has 0 saturated carbocycles. The van der Waals surface area contributed by atoms with E-state index in [0.717, 1.165) is 72.2 Å². The molecule has 0 radical (unpaired) electrons. The summed E-state index contributed by atoms with van der Waals surface area (Å²) in [6, 6.07) is 0. The zero-order valence-electron chi connectivity index (χ0n) is 52.8. The Kier molecular flexibility index (Phi) is 89.0. The number of nitrogens with one attached hydrogen (secondary N) is 4. The number of hydrogen-bond acceptors (Lipinski definition) is 20. The summed E-state index contributed by atoms with van der Waals surface area (Å²) in [6.07, 6.45) is 8.51. The summed E-state index contributed by atoms with van der Waals surface area (Å²) in [7, 11) is 41.4. The molecule has 0 aromatic heterocycles. The van der Waals surface area contributed by atoms with Crippen molar-refractivity contribution in [3.63, 3.8) is 0 Å². The minimum Gasteiger partial charge on any atom is -0.395 e. The van der Waals surface area contributed by atoms with Crippen molar-refractivity contribution in [2.24, 2.45) is 5.73 Å². The van der Waals surface area contributed by atoms with Gasteiger partial charge >= 0.3 is 0 Å². The average molecular weight is 1060 g/mol. The molecule has 20 nitrogen and oxygen atoms in total. The van der Waals surface area contributed by atoms with Gasteiger partial charge in [0, 0.05) is 106 Å². The summed E-state index contributed by atoms with van der Waals surface area (Å²) >= 11 is 0. The van der Waals surface area contributed by atoms with Crippen molar-refractivity contribution >= 4 is 0 Å². The fourth-order valence-corrected chi connectivity index (χ4v) is 5.53. The van der Waals surface area contributed by atoms with Crippen molar-refractivity contribution in [1.82, 2.24) is 70.3 Å². The van der Waals surface area contributed by atoms with Gasteiger partial charge in [-0.1, -0.05) is 6.42 Å². The van der Waals surface area contributed by atoms with Crippen molar-refractivity contribution in [3.8, 4) is 0 Å². The molecule has 0 aromatic rings. The standard InChI is InChI=1S/C6H14N2.C6H13N.C5H12N2.C5H11NO.C5H13NO.C5H11N.2C4H11NO.C4H9N.C3H9NO.C3H9N.C2H7N.CH5N/c1-7-3-5-8(2)6-4-7;1-7-5-3-2-4-6-7;1-7-4-2-6-3-5-7;1-6-2-4-7-5-3-6;1-6(2)4-5-7-3;1-6-4-2-3-5-6;1-5-3-4-6-2;1-5(2)3-4-6;1-5-3-2-4-5;1-4-2-3-5;1-4(2)3;1-3-2;1-2/h3-6H2,1-2H3;2-6H2,1H3;6H,2-5H2,1H3;2-5H2,1H3;4-5H2,1-3H3;2-5H2,1H3;5H,3-4H2,1-2H3;6H,3-4H2,1-2H3;2-4H2,1H3;4-5H,2-3H2,1H3;1-3H3;3H,1-2H3;2H2,1H3. The van der Waals surface area contributed by atoms with Crippen molar-refractivity contribution in [3.05, 3.63) is 0 Å². The largest absolute Gasteiger partial charge is 0.395 e. The van der Waals surface area contributed by atoms with Crippen LogP contribution in [-0.2, 0) is 14.2 Å². The molecule has 6 rings (SSSR count). The maximum absolute atomic E-state index is 8.20. The first-order chi connectivity index (χ1) is 34.8. The molecule has 0 unspecified atom stereocenters. The molecule has 0 amide bonds. The summed E-state index contributed by atoms with van der Waals surface area (Å²) in [6.45, 7) is 27.1. The predicted molar refractivity (Wildman–Crippen MR) is 321 cm³/mol. The normalized spacial score (nSPS) is 18.0. The molecule has 6 saturated heterocycles. The third kappa shape index (κ3) is 101. The fraction of sp³-hybridized carbons (Fsp3) is 1.00. The second kappa shape index (κ2) is 75.4. The molecule has 6 heterocycles. The maximum Gasteiger partial charge on any atom is 0.0594 e. The van der Waals surface area contributed by atoms with Gasteiger partial charge in [0.25, 0.3) is 0 Å². The summed E-state index contributed by atoms with van der Waals surface area (Å²) in [5, 5.41) is 27.9. The minimum absolute atomic E-state index is 0.233. The van der Waals surface area contributed by atoms with E-state index in [9.17, 15) is 0 Å². The number of aliphatic hydroxyl groups is 2. The number of morpholine rings is 1. The van der Waals surface area contributed by atoms with E-state index >= 15 is 0 Å². The fourth-order valence-electron chi connectivity index (χ4n) is 5.53. The Morgan fingerprint density at radius 1 is 0.452 bits per heavy atom. The van der Waals surface area contributed by atoms with Crippen LogP contribution in [0.1, 0.15) is 38.5 Å². The maximum atomic E-state index is 8.20. The zero-order valence-corrected chi connectivity index (χ0v) is 52.8. The molecule has 0 bridgehead atoms. The minimum atomic E-state index is 0.233. The monoisotopic (exact) mass is 1060 g/mol. The van der Waals surface area contributed by atoms with Crippen molar-refractivity contribution in [2.75, 3.05) is 319 Å². The number of rotatable bonds is 10. The van der Waals surface area contributed by atoms with Crippen LogP contribution in [-0.4, -0.2) is 378 Å². The summed E-state index contributed by atoms with van der Waals surface area (Å²) in [5.41, 5.74) is 4.50. The highest BCUT2D eigenvalue weighted by Crippen LogP contribution is 2.05. The number of likely N-dealkylation sites (tertiary alicyclic amines) is 3. The third-order valence-corrected chi connectivity index (χ3v) is 10.5. The van der Waals surface area contributed by atoms with E-state index in [1.165, 1.54) is 124 Å². The first-order valence-electron chi connectivity index (χ1n) is 27.4. The second-order valence-electron chi connectivity index (χ2n) is 19.7. The second-order valence-corrected chi connectivity index (χ2v) is 19.7. The lowest BCUT2D eigenvalue weighted by atomic mass is 10.1. The molecule has 6 aliphatic heterocycles. The number of likely N-dealkylation sites (N-methyl/N-ethyl adjacent to an activating group) is 8. The topological polar surface area (TPSA) is 175 Å². The van der Waals surface area contributed by atoms with Crippen molar-refractivity contribution in [2.45, 2.75) is 38.5 Å². The lowest BCUT2D eigenvalue weighted by Crippen LogP contribution is -2.42. The van der Waals surface area contributed by atoms with E-state index in [4.69, 9.17) is 24.4 Å². The molecule has 8 N–H and O–H groups in total. The van der Waals surface area contributed by atoms with Crippen LogP contribution in [0.5, 0.6) is 0 Å². The lowest BCUT2D eigenvalue weighted by molar-refractivity contribution is 0.0503. The highest BCUT2D eigenvalue weighted by molar-refractivity contribution is 4.65.